The van der Waals surface area contributed by atoms with E-state index in [2.05, 4.69) is 17.0 Å². The smallest absolute Gasteiger partial charge is 0.165 e. The molecule has 1 atom stereocenters. The second-order valence-corrected chi connectivity index (χ2v) is 6.84. The van der Waals surface area contributed by atoms with Crippen LogP contribution in [0.2, 0.25) is 0 Å². The lowest BCUT2D eigenvalue weighted by Gasteiger charge is -2.26. The first-order chi connectivity index (χ1) is 13.0. The van der Waals surface area contributed by atoms with E-state index in [9.17, 15) is 5.11 Å². The first-order valence-electron chi connectivity index (χ1n) is 9.29. The van der Waals surface area contributed by atoms with Crippen molar-refractivity contribution in [2.24, 2.45) is 0 Å². The zero-order valence-electron chi connectivity index (χ0n) is 16.7. The maximum absolute atomic E-state index is 10.4. The summed E-state index contributed by atoms with van der Waals surface area (Å²) < 4.78 is 16.5. The van der Waals surface area contributed by atoms with Gasteiger partial charge in [0.1, 0.15) is 0 Å². The standard InChI is InChI=1S/C22H31NO4/c1-17(2)27-16-20(24)15-23(13-18-9-6-5-7-10-18)14-19-11-8-12-21(25-3)22(19)26-4/h5-12,17,20,24H,13-16H2,1-4H3/t20-/m1/s1. The number of nitrogens with zero attached hydrogens (tertiary/aromatic N) is 1. The quantitative estimate of drug-likeness (QED) is 0.653. The van der Waals surface area contributed by atoms with Crippen molar-refractivity contribution >= 4 is 0 Å². The van der Waals surface area contributed by atoms with Crippen LogP contribution in [0.3, 0.4) is 0 Å². The van der Waals surface area contributed by atoms with Crippen LogP contribution in [0.15, 0.2) is 48.5 Å². The summed E-state index contributed by atoms with van der Waals surface area (Å²) in [4.78, 5) is 2.20. The summed E-state index contributed by atoms with van der Waals surface area (Å²) in [5, 5.41) is 10.4. The Morgan fingerprint density at radius 3 is 2.30 bits per heavy atom. The van der Waals surface area contributed by atoms with Gasteiger partial charge in [0, 0.05) is 25.2 Å². The van der Waals surface area contributed by atoms with Crippen LogP contribution >= 0.6 is 0 Å². The summed E-state index contributed by atoms with van der Waals surface area (Å²) in [6, 6.07) is 16.1. The molecule has 0 amide bonds. The Bertz CT molecular complexity index is 675. The van der Waals surface area contributed by atoms with Crippen LogP contribution in [0.5, 0.6) is 11.5 Å². The minimum Gasteiger partial charge on any atom is -0.493 e. The number of aliphatic hydroxyl groups is 1. The summed E-state index contributed by atoms with van der Waals surface area (Å²) in [6.07, 6.45) is -0.464. The minimum atomic E-state index is -0.562. The summed E-state index contributed by atoms with van der Waals surface area (Å²) in [5.74, 6) is 1.43. The van der Waals surface area contributed by atoms with E-state index >= 15 is 0 Å². The van der Waals surface area contributed by atoms with Gasteiger partial charge in [-0.05, 0) is 25.5 Å². The van der Waals surface area contributed by atoms with E-state index in [0.29, 0.717) is 25.4 Å². The van der Waals surface area contributed by atoms with Gasteiger partial charge in [-0.2, -0.15) is 0 Å². The molecule has 0 aliphatic carbocycles. The molecule has 0 saturated carbocycles. The third-order valence-corrected chi connectivity index (χ3v) is 4.22. The van der Waals surface area contributed by atoms with Crippen LogP contribution in [0.1, 0.15) is 25.0 Å². The van der Waals surface area contributed by atoms with Crippen molar-refractivity contribution in [2.45, 2.75) is 39.1 Å². The van der Waals surface area contributed by atoms with Gasteiger partial charge in [0.2, 0.25) is 0 Å². The highest BCUT2D eigenvalue weighted by atomic mass is 16.5. The maximum atomic E-state index is 10.4. The van der Waals surface area contributed by atoms with Crippen molar-refractivity contribution in [3.05, 3.63) is 59.7 Å². The Morgan fingerprint density at radius 1 is 0.926 bits per heavy atom. The van der Waals surface area contributed by atoms with Gasteiger partial charge in [0.05, 0.1) is 33.0 Å². The van der Waals surface area contributed by atoms with Crippen molar-refractivity contribution in [2.75, 3.05) is 27.4 Å². The second-order valence-electron chi connectivity index (χ2n) is 6.84. The molecule has 0 aromatic heterocycles. The third kappa shape index (κ3) is 6.86. The van der Waals surface area contributed by atoms with Gasteiger partial charge in [0.15, 0.2) is 11.5 Å². The van der Waals surface area contributed by atoms with Crippen molar-refractivity contribution < 1.29 is 19.3 Å². The normalized spacial score (nSPS) is 12.4. The second kappa shape index (κ2) is 10.9. The molecule has 2 rings (SSSR count). The molecule has 0 radical (unpaired) electrons. The SMILES string of the molecule is COc1cccc(CN(Cc2ccccc2)C[C@@H](O)COC(C)C)c1OC. The molecule has 5 heteroatoms. The third-order valence-electron chi connectivity index (χ3n) is 4.22. The topological polar surface area (TPSA) is 51.2 Å². The molecule has 0 bridgehead atoms. The zero-order chi connectivity index (χ0) is 19.6. The highest BCUT2D eigenvalue weighted by molar-refractivity contribution is 5.46. The fraction of sp³-hybridized carbons (Fsp3) is 0.455. The van der Waals surface area contributed by atoms with Crippen molar-refractivity contribution in [3.8, 4) is 11.5 Å². The van der Waals surface area contributed by atoms with Gasteiger partial charge in [-0.25, -0.2) is 0 Å². The average molecular weight is 373 g/mol. The lowest BCUT2D eigenvalue weighted by atomic mass is 10.1. The molecule has 0 aliphatic heterocycles. The van der Waals surface area contributed by atoms with E-state index in [1.807, 2.05) is 50.2 Å². The molecule has 27 heavy (non-hydrogen) atoms. The highest BCUT2D eigenvalue weighted by Gasteiger charge is 2.17. The maximum Gasteiger partial charge on any atom is 0.165 e. The number of para-hydroxylation sites is 1. The number of rotatable bonds is 11. The number of hydrogen-bond donors (Lipinski definition) is 1. The van der Waals surface area contributed by atoms with Crippen LogP contribution in [0.4, 0.5) is 0 Å². The van der Waals surface area contributed by atoms with Crippen molar-refractivity contribution in [3.63, 3.8) is 0 Å². The molecule has 0 aliphatic rings. The van der Waals surface area contributed by atoms with Gasteiger partial charge in [-0.15, -0.1) is 0 Å². The largest absolute Gasteiger partial charge is 0.493 e. The lowest BCUT2D eigenvalue weighted by molar-refractivity contribution is -0.0107. The molecule has 148 valence electrons. The van der Waals surface area contributed by atoms with Crippen molar-refractivity contribution in [1.82, 2.24) is 4.90 Å². The molecule has 0 heterocycles. The molecule has 2 aromatic rings. The van der Waals surface area contributed by atoms with Gasteiger partial charge >= 0.3 is 0 Å². The molecule has 0 unspecified atom stereocenters. The Balaban J connectivity index is 2.16. The molecule has 5 nitrogen and oxygen atoms in total. The summed E-state index contributed by atoms with van der Waals surface area (Å²) in [5.41, 5.74) is 2.21. The van der Waals surface area contributed by atoms with Gasteiger partial charge in [0.25, 0.3) is 0 Å². The predicted molar refractivity (Wildman–Crippen MR) is 107 cm³/mol. The van der Waals surface area contributed by atoms with Crippen LogP contribution in [0, 0.1) is 0 Å². The Hall–Kier alpha value is -2.08. The summed E-state index contributed by atoms with van der Waals surface area (Å²) in [6.45, 7) is 6.11. The number of aliphatic hydroxyl groups excluding tert-OH is 1. The van der Waals surface area contributed by atoms with Crippen LogP contribution in [-0.2, 0) is 17.8 Å². The van der Waals surface area contributed by atoms with Crippen LogP contribution in [-0.4, -0.2) is 49.6 Å². The fourth-order valence-corrected chi connectivity index (χ4v) is 3.00. The molecular weight excluding hydrogens is 342 g/mol. The van der Waals surface area contributed by atoms with Crippen LogP contribution in [0.25, 0.3) is 0 Å². The van der Waals surface area contributed by atoms with Gasteiger partial charge < -0.3 is 19.3 Å². The molecule has 1 N–H and O–H groups in total. The van der Waals surface area contributed by atoms with E-state index in [1.54, 1.807) is 14.2 Å². The highest BCUT2D eigenvalue weighted by Crippen LogP contribution is 2.31. The lowest BCUT2D eigenvalue weighted by Crippen LogP contribution is -2.35. The van der Waals surface area contributed by atoms with E-state index < -0.39 is 6.10 Å². The number of hydrogen-bond acceptors (Lipinski definition) is 5. The predicted octanol–water partition coefficient (Wildman–Crippen LogP) is 3.49. The van der Waals surface area contributed by atoms with Crippen molar-refractivity contribution in [1.29, 1.82) is 0 Å². The number of ether oxygens (including phenoxy) is 3. The Labute approximate surface area is 162 Å². The van der Waals surface area contributed by atoms with Gasteiger partial charge in [-0.1, -0.05) is 42.5 Å². The minimum absolute atomic E-state index is 0.0979. The van der Waals surface area contributed by atoms with Crippen LogP contribution < -0.4 is 9.47 Å². The first kappa shape index (κ1) is 21.2. The first-order valence-corrected chi connectivity index (χ1v) is 9.29. The molecule has 0 fully saturated rings. The van der Waals surface area contributed by atoms with E-state index in [4.69, 9.17) is 14.2 Å². The summed E-state index contributed by atoms with van der Waals surface area (Å²) in [7, 11) is 3.28. The zero-order valence-corrected chi connectivity index (χ0v) is 16.7. The molecule has 2 aromatic carbocycles. The van der Waals surface area contributed by atoms with E-state index in [1.165, 1.54) is 5.56 Å². The van der Waals surface area contributed by atoms with E-state index in [0.717, 1.165) is 17.9 Å². The number of benzene rings is 2. The molecule has 0 spiro atoms. The summed E-state index contributed by atoms with van der Waals surface area (Å²) >= 11 is 0. The molecular formula is C22H31NO4. The number of methoxy groups -OCH3 is 2. The monoisotopic (exact) mass is 373 g/mol. The average Bonchev–Trinajstić information content (AvgIpc) is 2.66. The Morgan fingerprint density at radius 2 is 1.67 bits per heavy atom. The van der Waals surface area contributed by atoms with E-state index in [-0.39, 0.29) is 6.10 Å². The fourth-order valence-electron chi connectivity index (χ4n) is 3.00. The van der Waals surface area contributed by atoms with Gasteiger partial charge in [-0.3, -0.25) is 4.90 Å². The molecule has 0 saturated heterocycles. The Kier molecular flexibility index (Phi) is 8.58.